The van der Waals surface area contributed by atoms with E-state index in [0.29, 0.717) is 33.4 Å². The Balaban J connectivity index is 2.01. The molecule has 0 atom stereocenters. The Morgan fingerprint density at radius 2 is 1.07 bits per heavy atom. The van der Waals surface area contributed by atoms with Crippen LogP contribution in [0.15, 0.2) is 65.6 Å². The Labute approximate surface area is 180 Å². The summed E-state index contributed by atoms with van der Waals surface area (Å²) in [4.78, 5) is 1.14. The molecular weight excluding hydrogens is 386 g/mol. The second-order valence-corrected chi connectivity index (χ2v) is 6.93. The number of nitrogens with zero attached hydrogens (tertiary/aromatic N) is 3. The van der Waals surface area contributed by atoms with E-state index in [0.717, 1.165) is 10.5 Å². The molecule has 0 saturated carbocycles. The lowest BCUT2D eigenvalue weighted by molar-refractivity contribution is 1.41. The van der Waals surface area contributed by atoms with Gasteiger partial charge in [0.1, 0.15) is 18.2 Å². The third kappa shape index (κ3) is 4.71. The number of hydrogen-bond acceptors (Lipinski definition) is 4. The molecule has 3 rings (SSSR count). The van der Waals surface area contributed by atoms with Crippen molar-refractivity contribution in [3.63, 3.8) is 0 Å². The van der Waals surface area contributed by atoms with Gasteiger partial charge >= 0.3 is 0 Å². The van der Waals surface area contributed by atoms with E-state index in [4.69, 9.17) is 0 Å². The molecule has 30 heavy (non-hydrogen) atoms. The summed E-state index contributed by atoms with van der Waals surface area (Å²) in [6.45, 7) is 0. The van der Waals surface area contributed by atoms with Crippen LogP contribution in [0.1, 0.15) is 38.9 Å². The highest BCUT2D eigenvalue weighted by atomic mass is 32.2. The number of hydrogen-bond donors (Lipinski definition) is 0. The molecule has 0 radical (unpaired) electrons. The monoisotopic (exact) mass is 399 g/mol. The number of thioether (sulfide) groups is 1. The minimum absolute atomic E-state index is 0.331. The summed E-state index contributed by atoms with van der Waals surface area (Å²) in [5.41, 5.74) is 3.44. The van der Waals surface area contributed by atoms with Crippen LogP contribution < -0.4 is 0 Å². The van der Waals surface area contributed by atoms with Gasteiger partial charge in [0.05, 0.1) is 16.7 Å². The number of nitriles is 3. The van der Waals surface area contributed by atoms with Gasteiger partial charge in [0.2, 0.25) is 0 Å². The van der Waals surface area contributed by atoms with Crippen molar-refractivity contribution < 1.29 is 0 Å². The van der Waals surface area contributed by atoms with Crippen molar-refractivity contribution in [3.05, 3.63) is 99.6 Å². The fourth-order valence-corrected chi connectivity index (χ4v) is 3.04. The van der Waals surface area contributed by atoms with Crippen molar-refractivity contribution in [2.75, 3.05) is 6.26 Å². The largest absolute Gasteiger partial charge is 0.192 e. The van der Waals surface area contributed by atoms with Crippen molar-refractivity contribution in [2.24, 2.45) is 0 Å². The van der Waals surface area contributed by atoms with E-state index in [1.807, 2.05) is 30.5 Å². The van der Waals surface area contributed by atoms with Crippen LogP contribution >= 0.6 is 11.8 Å². The number of rotatable bonds is 1. The fourth-order valence-electron chi connectivity index (χ4n) is 2.63. The highest BCUT2D eigenvalue weighted by Gasteiger charge is 2.07. The molecule has 0 aliphatic heterocycles. The van der Waals surface area contributed by atoms with E-state index in [1.165, 1.54) is 0 Å². The van der Waals surface area contributed by atoms with E-state index in [2.05, 4.69) is 41.9 Å². The van der Waals surface area contributed by atoms with Crippen LogP contribution in [0.25, 0.3) is 0 Å². The minimum Gasteiger partial charge on any atom is -0.192 e. The van der Waals surface area contributed by atoms with Crippen LogP contribution in [-0.2, 0) is 0 Å². The molecule has 0 aromatic heterocycles. The third-order valence-corrected chi connectivity index (χ3v) is 4.95. The molecule has 0 spiro atoms. The topological polar surface area (TPSA) is 71.4 Å². The summed E-state index contributed by atoms with van der Waals surface area (Å²) >= 11 is 1.65. The van der Waals surface area contributed by atoms with Gasteiger partial charge in [-0.25, -0.2) is 0 Å². The van der Waals surface area contributed by atoms with E-state index >= 15 is 0 Å². The van der Waals surface area contributed by atoms with E-state index in [-0.39, 0.29) is 0 Å². The van der Waals surface area contributed by atoms with Crippen LogP contribution in [0.2, 0.25) is 0 Å². The van der Waals surface area contributed by atoms with Crippen LogP contribution in [0.4, 0.5) is 0 Å². The highest BCUT2D eigenvalue weighted by molar-refractivity contribution is 7.98. The summed E-state index contributed by atoms with van der Waals surface area (Å²) in [7, 11) is 0. The zero-order chi connectivity index (χ0) is 21.3. The van der Waals surface area contributed by atoms with Crippen molar-refractivity contribution in [3.8, 4) is 41.9 Å². The molecule has 0 bridgehead atoms. The second-order valence-electron chi connectivity index (χ2n) is 6.05. The summed E-state index contributed by atoms with van der Waals surface area (Å²) < 4.78 is 0. The van der Waals surface area contributed by atoms with Gasteiger partial charge in [0, 0.05) is 27.1 Å². The SMILES string of the molecule is CSc1ccc(C#Cc2cc(C#N)c(C#Cc3ccccc3C#N)cc2C#N)cc1. The molecule has 3 nitrogen and oxygen atoms in total. The first-order chi connectivity index (χ1) is 14.7. The normalized spacial score (nSPS) is 9.00. The predicted molar refractivity (Wildman–Crippen MR) is 117 cm³/mol. The first-order valence-corrected chi connectivity index (χ1v) is 10.1. The van der Waals surface area contributed by atoms with Crippen LogP contribution in [0, 0.1) is 57.7 Å². The molecule has 0 fully saturated rings. The van der Waals surface area contributed by atoms with Gasteiger partial charge in [0.25, 0.3) is 0 Å². The third-order valence-electron chi connectivity index (χ3n) is 4.21. The fraction of sp³-hybridized carbons (Fsp3) is 0.0385. The number of benzene rings is 3. The smallest absolute Gasteiger partial charge is 0.100 e. The Bertz CT molecular complexity index is 1360. The molecule has 4 heteroatoms. The maximum Gasteiger partial charge on any atom is 0.100 e. The summed E-state index contributed by atoms with van der Waals surface area (Å²) in [6, 6.07) is 24.3. The highest BCUT2D eigenvalue weighted by Crippen LogP contribution is 2.17. The molecule has 0 saturated heterocycles. The first-order valence-electron chi connectivity index (χ1n) is 8.84. The summed E-state index contributed by atoms with van der Waals surface area (Å²) in [5.74, 6) is 11.9. The molecule has 3 aromatic carbocycles. The Hall–Kier alpha value is -4.40. The van der Waals surface area contributed by atoms with Crippen LogP contribution in [0.3, 0.4) is 0 Å². The molecule has 0 N–H and O–H groups in total. The van der Waals surface area contributed by atoms with Gasteiger partial charge in [-0.15, -0.1) is 11.8 Å². The van der Waals surface area contributed by atoms with Crippen LogP contribution in [-0.4, -0.2) is 6.26 Å². The summed E-state index contributed by atoms with van der Waals surface area (Å²) in [6.07, 6.45) is 2.01. The van der Waals surface area contributed by atoms with Crippen molar-refractivity contribution >= 4 is 11.8 Å². The molecule has 0 aliphatic carbocycles. The zero-order valence-electron chi connectivity index (χ0n) is 16.0. The molecule has 3 aromatic rings. The standard InChI is InChI=1S/C26H13N3S/c1-30-26-12-7-19(8-13-26)6-9-21-14-25(18-29)22(15-24(21)17-28)11-10-20-4-2-3-5-23(20)16-27/h2-5,7-8,12-15H,1H3. The maximum atomic E-state index is 9.54. The quantitative estimate of drug-likeness (QED) is 0.434. The van der Waals surface area contributed by atoms with Crippen molar-refractivity contribution in [1.82, 2.24) is 0 Å². The predicted octanol–water partition coefficient (Wildman–Crippen LogP) is 4.82. The molecule has 0 aliphatic rings. The molecule has 0 amide bonds. The van der Waals surface area contributed by atoms with Gasteiger partial charge < -0.3 is 0 Å². The summed E-state index contributed by atoms with van der Waals surface area (Å²) in [5, 5.41) is 28.3. The van der Waals surface area contributed by atoms with Crippen molar-refractivity contribution in [2.45, 2.75) is 4.90 Å². The average Bonchev–Trinajstić information content (AvgIpc) is 2.81. The lowest BCUT2D eigenvalue weighted by Gasteiger charge is -2.01. The first kappa shape index (κ1) is 20.3. The lowest BCUT2D eigenvalue weighted by Crippen LogP contribution is -1.92. The van der Waals surface area contributed by atoms with Gasteiger partial charge in [-0.2, -0.15) is 15.8 Å². The second kappa shape index (κ2) is 9.69. The molecular formula is C26H13N3S. The van der Waals surface area contributed by atoms with Gasteiger partial charge in [-0.1, -0.05) is 35.8 Å². The van der Waals surface area contributed by atoms with Gasteiger partial charge in [-0.05, 0) is 54.8 Å². The van der Waals surface area contributed by atoms with E-state index < -0.39 is 0 Å². The van der Waals surface area contributed by atoms with Crippen LogP contribution in [0.5, 0.6) is 0 Å². The van der Waals surface area contributed by atoms with Gasteiger partial charge in [0.15, 0.2) is 0 Å². The Morgan fingerprint density at radius 1 is 0.567 bits per heavy atom. The lowest BCUT2D eigenvalue weighted by atomic mass is 9.99. The zero-order valence-corrected chi connectivity index (χ0v) is 16.8. The molecule has 0 heterocycles. The Kier molecular flexibility index (Phi) is 6.57. The average molecular weight is 399 g/mol. The Morgan fingerprint density at radius 3 is 1.60 bits per heavy atom. The maximum absolute atomic E-state index is 9.54. The van der Waals surface area contributed by atoms with E-state index in [9.17, 15) is 15.8 Å². The van der Waals surface area contributed by atoms with Crippen molar-refractivity contribution in [1.29, 1.82) is 15.8 Å². The van der Waals surface area contributed by atoms with E-state index in [1.54, 1.807) is 48.2 Å². The molecule has 138 valence electrons. The minimum atomic E-state index is 0.331. The van der Waals surface area contributed by atoms with Gasteiger partial charge in [-0.3, -0.25) is 0 Å². The molecule has 0 unspecified atom stereocenters.